The fourth-order valence-corrected chi connectivity index (χ4v) is 2.52. The second-order valence-corrected chi connectivity index (χ2v) is 5.11. The Balaban J connectivity index is 3.50. The molecular weight excluding hydrogens is 417 g/mol. The molecule has 1 rings (SSSR count). The molecule has 0 N–H and O–H groups in total. The van der Waals surface area contributed by atoms with E-state index in [2.05, 4.69) is 54.5 Å². The number of nitro benzene ring substituents is 1. The molecule has 0 saturated heterocycles. The third-order valence-electron chi connectivity index (χ3n) is 1.58. The van der Waals surface area contributed by atoms with Crippen LogP contribution in [0.3, 0.4) is 0 Å². The van der Waals surface area contributed by atoms with Crippen molar-refractivity contribution in [1.82, 2.24) is 0 Å². The predicted octanol–water partition coefficient (Wildman–Crippen LogP) is 4.03. The summed E-state index contributed by atoms with van der Waals surface area (Å²) in [6.07, 6.45) is 0. The van der Waals surface area contributed by atoms with Gasteiger partial charge in [-0.1, -0.05) is 0 Å². The van der Waals surface area contributed by atoms with Crippen molar-refractivity contribution in [2.24, 2.45) is 0 Å². The van der Waals surface area contributed by atoms with E-state index in [-0.39, 0.29) is 10.6 Å². The van der Waals surface area contributed by atoms with Crippen LogP contribution in [0.1, 0.15) is 5.56 Å². The third-order valence-corrected chi connectivity index (χ3v) is 5.80. The lowest BCUT2D eigenvalue weighted by molar-refractivity contribution is -0.385. The van der Waals surface area contributed by atoms with Crippen LogP contribution in [-0.4, -0.2) is 4.92 Å². The number of halogens is 3. The van der Waals surface area contributed by atoms with Gasteiger partial charge < -0.3 is 0 Å². The lowest BCUT2D eigenvalue weighted by Gasteiger charge is -2.04. The molecule has 0 radical (unpaired) electrons. The van der Waals surface area contributed by atoms with Crippen molar-refractivity contribution in [3.63, 3.8) is 0 Å². The summed E-state index contributed by atoms with van der Waals surface area (Å²) in [6.45, 7) is 1.72. The lowest BCUT2D eigenvalue weighted by Crippen LogP contribution is -1.94. The molecule has 0 atom stereocenters. The normalized spacial score (nSPS) is 10.2. The number of hydrogen-bond donors (Lipinski definition) is 0. The molecule has 0 aliphatic rings. The maximum absolute atomic E-state index is 10.6. The fourth-order valence-electron chi connectivity index (χ4n) is 0.863. The number of benzene rings is 1. The standard InChI is InChI=1S/C7H4Br2INO2/c1-3-5(11(12)13)2-4(8)7(10)6(3)9/h2H,1H3. The van der Waals surface area contributed by atoms with E-state index < -0.39 is 0 Å². The highest BCUT2D eigenvalue weighted by atomic mass is 127. The minimum Gasteiger partial charge on any atom is -0.258 e. The van der Waals surface area contributed by atoms with Crippen LogP contribution in [0.15, 0.2) is 15.0 Å². The van der Waals surface area contributed by atoms with Crippen LogP contribution >= 0.6 is 54.5 Å². The van der Waals surface area contributed by atoms with Gasteiger partial charge in [0.2, 0.25) is 0 Å². The molecule has 0 fully saturated rings. The van der Waals surface area contributed by atoms with Crippen LogP contribution in [0.4, 0.5) is 5.69 Å². The van der Waals surface area contributed by atoms with Crippen molar-refractivity contribution in [1.29, 1.82) is 0 Å². The zero-order chi connectivity index (χ0) is 10.2. The summed E-state index contributed by atoms with van der Waals surface area (Å²) in [5.74, 6) is 0. The highest BCUT2D eigenvalue weighted by Crippen LogP contribution is 2.35. The van der Waals surface area contributed by atoms with Crippen molar-refractivity contribution >= 4 is 60.1 Å². The molecule has 0 aromatic heterocycles. The summed E-state index contributed by atoms with van der Waals surface area (Å²) in [5, 5.41) is 10.6. The summed E-state index contributed by atoms with van der Waals surface area (Å²) in [4.78, 5) is 10.2. The van der Waals surface area contributed by atoms with Gasteiger partial charge in [-0.15, -0.1) is 0 Å². The molecule has 0 unspecified atom stereocenters. The summed E-state index contributed by atoms with van der Waals surface area (Å²) < 4.78 is 2.45. The molecule has 0 spiro atoms. The van der Waals surface area contributed by atoms with E-state index in [0.717, 1.165) is 12.5 Å². The van der Waals surface area contributed by atoms with E-state index in [1.54, 1.807) is 6.92 Å². The van der Waals surface area contributed by atoms with Gasteiger partial charge in [-0.25, -0.2) is 0 Å². The van der Waals surface area contributed by atoms with Gasteiger partial charge in [-0.05, 0) is 61.4 Å². The monoisotopic (exact) mass is 419 g/mol. The lowest BCUT2D eigenvalue weighted by atomic mass is 10.2. The van der Waals surface area contributed by atoms with E-state index >= 15 is 0 Å². The Morgan fingerprint density at radius 2 is 2.08 bits per heavy atom. The maximum Gasteiger partial charge on any atom is 0.274 e. The minimum atomic E-state index is -0.388. The molecule has 1 aromatic rings. The highest BCUT2D eigenvalue weighted by Gasteiger charge is 2.17. The summed E-state index contributed by atoms with van der Waals surface area (Å²) in [7, 11) is 0. The van der Waals surface area contributed by atoms with Crippen molar-refractivity contribution in [2.75, 3.05) is 0 Å². The van der Waals surface area contributed by atoms with Gasteiger partial charge in [-0.3, -0.25) is 10.1 Å². The van der Waals surface area contributed by atoms with Crippen LogP contribution in [0, 0.1) is 20.6 Å². The van der Waals surface area contributed by atoms with E-state index in [1.807, 2.05) is 0 Å². The van der Waals surface area contributed by atoms with Crippen LogP contribution in [0.25, 0.3) is 0 Å². The zero-order valence-electron chi connectivity index (χ0n) is 6.47. The first-order valence-electron chi connectivity index (χ1n) is 3.23. The van der Waals surface area contributed by atoms with Gasteiger partial charge in [0.05, 0.1) is 4.92 Å². The average molecular weight is 421 g/mol. The van der Waals surface area contributed by atoms with Gasteiger partial charge in [0.25, 0.3) is 5.69 Å². The first kappa shape index (κ1) is 11.4. The van der Waals surface area contributed by atoms with E-state index in [9.17, 15) is 10.1 Å². The van der Waals surface area contributed by atoms with Crippen molar-refractivity contribution in [3.05, 3.63) is 34.3 Å². The van der Waals surface area contributed by atoms with Gasteiger partial charge in [-0.2, -0.15) is 0 Å². The van der Waals surface area contributed by atoms with Crippen molar-refractivity contribution in [3.8, 4) is 0 Å². The number of rotatable bonds is 1. The second-order valence-electron chi connectivity index (χ2n) is 2.39. The molecule has 6 heteroatoms. The van der Waals surface area contributed by atoms with E-state index in [4.69, 9.17) is 0 Å². The van der Waals surface area contributed by atoms with Crippen LogP contribution in [0.5, 0.6) is 0 Å². The first-order valence-corrected chi connectivity index (χ1v) is 5.90. The molecule has 0 aliphatic heterocycles. The Hall–Kier alpha value is 0.310. The highest BCUT2D eigenvalue weighted by molar-refractivity contribution is 14.1. The topological polar surface area (TPSA) is 43.1 Å². The molecule has 0 bridgehead atoms. The van der Waals surface area contributed by atoms with E-state index in [1.165, 1.54) is 6.07 Å². The SMILES string of the molecule is Cc1c([N+](=O)[O-])cc(Br)c(I)c1Br. The van der Waals surface area contributed by atoms with Crippen LogP contribution < -0.4 is 0 Å². The second kappa shape index (κ2) is 4.22. The molecule has 3 nitrogen and oxygen atoms in total. The molecule has 0 heterocycles. The summed E-state index contributed by atoms with van der Waals surface area (Å²) in [6, 6.07) is 1.52. The number of nitrogens with zero attached hydrogens (tertiary/aromatic N) is 1. The van der Waals surface area contributed by atoms with Gasteiger partial charge in [0.1, 0.15) is 0 Å². The van der Waals surface area contributed by atoms with E-state index in [0.29, 0.717) is 5.56 Å². The Morgan fingerprint density at radius 3 is 2.54 bits per heavy atom. The molecule has 0 aliphatic carbocycles. The smallest absolute Gasteiger partial charge is 0.258 e. The predicted molar refractivity (Wildman–Crippen MR) is 66.0 cm³/mol. The Bertz CT molecular complexity index is 381. The third kappa shape index (κ3) is 2.21. The number of nitro groups is 1. The summed E-state index contributed by atoms with van der Waals surface area (Å²) >= 11 is 8.68. The van der Waals surface area contributed by atoms with Gasteiger partial charge in [0.15, 0.2) is 0 Å². The Kier molecular flexibility index (Phi) is 3.70. The molecular formula is C7H4Br2INO2. The molecule has 13 heavy (non-hydrogen) atoms. The van der Waals surface area contributed by atoms with Crippen molar-refractivity contribution < 1.29 is 4.92 Å². The molecule has 1 aromatic carbocycles. The Morgan fingerprint density at radius 1 is 1.54 bits per heavy atom. The van der Waals surface area contributed by atoms with Gasteiger partial charge in [0, 0.05) is 24.1 Å². The zero-order valence-corrected chi connectivity index (χ0v) is 11.8. The van der Waals surface area contributed by atoms with Crippen LogP contribution in [0.2, 0.25) is 0 Å². The quantitative estimate of drug-likeness (QED) is 0.298. The van der Waals surface area contributed by atoms with Gasteiger partial charge >= 0.3 is 0 Å². The first-order chi connectivity index (χ1) is 5.95. The Labute approximate surface area is 105 Å². The average Bonchev–Trinajstić information content (AvgIpc) is 2.07. The molecule has 70 valence electrons. The maximum atomic E-state index is 10.6. The van der Waals surface area contributed by atoms with Crippen LogP contribution in [-0.2, 0) is 0 Å². The largest absolute Gasteiger partial charge is 0.274 e. The van der Waals surface area contributed by atoms with Crippen molar-refractivity contribution in [2.45, 2.75) is 6.92 Å². The number of hydrogen-bond acceptors (Lipinski definition) is 2. The summed E-state index contributed by atoms with van der Waals surface area (Å²) in [5.41, 5.74) is 0.775. The molecule has 0 saturated carbocycles. The fraction of sp³-hybridized carbons (Fsp3) is 0.143. The minimum absolute atomic E-state index is 0.124. The molecule has 0 amide bonds.